The Morgan fingerprint density at radius 2 is 2.28 bits per heavy atom. The van der Waals surface area contributed by atoms with Crippen molar-refractivity contribution in [1.82, 2.24) is 19.7 Å². The van der Waals surface area contributed by atoms with Gasteiger partial charge in [-0.25, -0.2) is 0 Å². The number of pyridine rings is 1. The molecular formula is C26H30N6O4. The van der Waals surface area contributed by atoms with Crippen LogP contribution in [-0.2, 0) is 15.0 Å². The van der Waals surface area contributed by atoms with Crippen molar-refractivity contribution in [2.45, 2.75) is 44.2 Å². The molecule has 1 aromatic carbocycles. The molecule has 0 radical (unpaired) electrons. The van der Waals surface area contributed by atoms with Crippen LogP contribution in [0, 0.1) is 18.3 Å². The van der Waals surface area contributed by atoms with E-state index < -0.39 is 5.54 Å². The van der Waals surface area contributed by atoms with Crippen molar-refractivity contribution >= 4 is 28.3 Å². The van der Waals surface area contributed by atoms with E-state index in [1.54, 1.807) is 30.1 Å². The first kappa shape index (κ1) is 24.0. The standard InChI is InChI=1S/C26H30N6O4/c1-17-14-18(4-5-20(17)25(34)31-12-7-19(15-31)35-2)29-23-22-21(6-11-28-24(22)33)32(30-23)26(9-10-27)8-3-13-36-16-26/h4-6,11,14,19H,3,7-9,12-13,15-16H2,1-2H3,(H,28,33)(H,29,30)/t19-,26+/m1/s1. The maximum atomic E-state index is 13.0. The van der Waals surface area contributed by atoms with Crippen LogP contribution in [0.1, 0.15) is 41.6 Å². The molecule has 188 valence electrons. The largest absolute Gasteiger partial charge is 0.380 e. The predicted octanol–water partition coefficient (Wildman–Crippen LogP) is 3.06. The molecule has 0 unspecified atom stereocenters. The highest BCUT2D eigenvalue weighted by Gasteiger charge is 2.38. The van der Waals surface area contributed by atoms with Gasteiger partial charge < -0.3 is 24.7 Å². The topological polar surface area (TPSA) is 125 Å². The maximum absolute atomic E-state index is 13.0. The molecule has 2 N–H and O–H groups in total. The molecule has 10 heteroatoms. The van der Waals surface area contributed by atoms with Crippen LogP contribution >= 0.6 is 0 Å². The number of amides is 1. The number of nitriles is 1. The first-order chi connectivity index (χ1) is 17.5. The third-order valence-electron chi connectivity index (χ3n) is 7.25. The summed E-state index contributed by atoms with van der Waals surface area (Å²) >= 11 is 0. The van der Waals surface area contributed by atoms with Gasteiger partial charge in [0, 0.05) is 44.3 Å². The molecule has 2 fully saturated rings. The van der Waals surface area contributed by atoms with Crippen molar-refractivity contribution in [3.8, 4) is 6.07 Å². The molecule has 1 amide bonds. The Kier molecular flexibility index (Phi) is 6.51. The molecule has 0 bridgehead atoms. The van der Waals surface area contributed by atoms with Crippen LogP contribution in [0.15, 0.2) is 35.3 Å². The monoisotopic (exact) mass is 490 g/mol. The molecule has 2 saturated heterocycles. The van der Waals surface area contributed by atoms with Crippen molar-refractivity contribution in [2.24, 2.45) is 0 Å². The van der Waals surface area contributed by atoms with E-state index in [2.05, 4.69) is 16.4 Å². The highest BCUT2D eigenvalue weighted by Crippen LogP contribution is 2.35. The number of benzene rings is 1. The fourth-order valence-corrected chi connectivity index (χ4v) is 5.29. The van der Waals surface area contributed by atoms with Crippen LogP contribution in [0.3, 0.4) is 0 Å². The number of H-pyrrole nitrogens is 1. The zero-order chi connectivity index (χ0) is 25.3. The van der Waals surface area contributed by atoms with E-state index in [-0.39, 0.29) is 24.0 Å². The number of carbonyl (C=O) groups excluding carboxylic acids is 1. The lowest BCUT2D eigenvalue weighted by Gasteiger charge is -2.35. The van der Waals surface area contributed by atoms with Gasteiger partial charge in [-0.1, -0.05) is 0 Å². The lowest BCUT2D eigenvalue weighted by Crippen LogP contribution is -2.42. The Morgan fingerprint density at radius 1 is 1.42 bits per heavy atom. The smallest absolute Gasteiger partial charge is 0.261 e. The third-order valence-corrected chi connectivity index (χ3v) is 7.25. The number of likely N-dealkylation sites (tertiary alicyclic amines) is 1. The lowest BCUT2D eigenvalue weighted by atomic mass is 9.89. The van der Waals surface area contributed by atoms with Crippen LogP contribution < -0.4 is 10.9 Å². The van der Waals surface area contributed by atoms with Crippen LogP contribution in [-0.4, -0.2) is 65.1 Å². The fraction of sp³-hybridized carbons (Fsp3) is 0.462. The highest BCUT2D eigenvalue weighted by atomic mass is 16.5. The molecule has 2 aliphatic heterocycles. The maximum Gasteiger partial charge on any atom is 0.261 e. The number of hydrogen-bond acceptors (Lipinski definition) is 7. The molecule has 4 heterocycles. The first-order valence-electron chi connectivity index (χ1n) is 12.2. The minimum atomic E-state index is -0.638. The normalized spacial score (nSPS) is 22.0. The Bertz CT molecular complexity index is 1380. The van der Waals surface area contributed by atoms with Gasteiger partial charge in [-0.15, -0.1) is 0 Å². The summed E-state index contributed by atoms with van der Waals surface area (Å²) in [6, 6.07) is 9.59. The summed E-state index contributed by atoms with van der Waals surface area (Å²) < 4.78 is 12.9. The van der Waals surface area contributed by atoms with Crippen molar-refractivity contribution in [1.29, 1.82) is 5.26 Å². The summed E-state index contributed by atoms with van der Waals surface area (Å²) in [6.07, 6.45) is 4.28. The quantitative estimate of drug-likeness (QED) is 0.544. The van der Waals surface area contributed by atoms with E-state index in [0.29, 0.717) is 54.3 Å². The summed E-state index contributed by atoms with van der Waals surface area (Å²) in [5, 5.41) is 18.0. The van der Waals surface area contributed by atoms with Crippen molar-refractivity contribution in [2.75, 3.05) is 38.7 Å². The number of nitrogens with zero attached hydrogens (tertiary/aromatic N) is 4. The number of hydrogen-bond donors (Lipinski definition) is 2. The van der Waals surface area contributed by atoms with Crippen molar-refractivity contribution < 1.29 is 14.3 Å². The van der Waals surface area contributed by atoms with Gasteiger partial charge in [0.1, 0.15) is 5.39 Å². The van der Waals surface area contributed by atoms with Gasteiger partial charge in [-0.05, 0) is 56.0 Å². The summed E-state index contributed by atoms with van der Waals surface area (Å²) in [7, 11) is 1.67. The number of aromatic nitrogens is 3. The second kappa shape index (κ2) is 9.76. The zero-order valence-corrected chi connectivity index (χ0v) is 20.5. The van der Waals surface area contributed by atoms with Gasteiger partial charge in [-0.3, -0.25) is 14.3 Å². The first-order valence-corrected chi connectivity index (χ1v) is 12.2. The number of aromatic amines is 1. The van der Waals surface area contributed by atoms with Gasteiger partial charge in [0.25, 0.3) is 11.5 Å². The third kappa shape index (κ3) is 4.25. The van der Waals surface area contributed by atoms with Gasteiger partial charge >= 0.3 is 0 Å². The SMILES string of the molecule is CO[C@@H]1CCN(C(=O)c2ccc(Nc3nn([C@]4(CC#N)CCCOC4)c4cc[nH]c(=O)c34)cc2C)C1. The Morgan fingerprint density at radius 3 is 2.97 bits per heavy atom. The van der Waals surface area contributed by atoms with E-state index in [0.717, 1.165) is 24.8 Å². The molecule has 0 spiro atoms. The Balaban J connectivity index is 1.48. The van der Waals surface area contributed by atoms with Gasteiger partial charge in [0.15, 0.2) is 5.82 Å². The fourth-order valence-electron chi connectivity index (χ4n) is 5.29. The summed E-state index contributed by atoms with van der Waals surface area (Å²) in [5.41, 5.74) is 1.91. The molecule has 3 aromatic rings. The number of methoxy groups -OCH3 is 1. The summed E-state index contributed by atoms with van der Waals surface area (Å²) in [6.45, 7) is 4.17. The van der Waals surface area contributed by atoms with Crippen LogP contribution in [0.25, 0.3) is 10.9 Å². The van der Waals surface area contributed by atoms with E-state index in [1.165, 1.54) is 0 Å². The lowest BCUT2D eigenvalue weighted by molar-refractivity contribution is -0.00174. The molecule has 10 nitrogen and oxygen atoms in total. The average molecular weight is 491 g/mol. The molecular weight excluding hydrogens is 460 g/mol. The van der Waals surface area contributed by atoms with Crippen molar-refractivity contribution in [3.05, 3.63) is 51.9 Å². The summed E-state index contributed by atoms with van der Waals surface area (Å²) in [5.74, 6) is 0.385. The predicted molar refractivity (Wildman–Crippen MR) is 134 cm³/mol. The van der Waals surface area contributed by atoms with E-state index in [4.69, 9.17) is 14.6 Å². The summed E-state index contributed by atoms with van der Waals surface area (Å²) in [4.78, 5) is 30.4. The average Bonchev–Trinajstić information content (AvgIpc) is 3.51. The van der Waals surface area contributed by atoms with E-state index >= 15 is 0 Å². The Hall–Kier alpha value is -3.68. The molecule has 36 heavy (non-hydrogen) atoms. The van der Waals surface area contributed by atoms with Gasteiger partial charge in [0.05, 0.1) is 36.3 Å². The number of carbonyl (C=O) groups is 1. The highest BCUT2D eigenvalue weighted by molar-refractivity contribution is 5.97. The number of ether oxygens (including phenoxy) is 2. The number of aryl methyl sites for hydroxylation is 1. The molecule has 0 aliphatic carbocycles. The van der Waals surface area contributed by atoms with E-state index in [1.807, 2.05) is 24.0 Å². The number of anilines is 2. The number of rotatable bonds is 6. The number of fused-ring (bicyclic) bond motifs is 1. The molecule has 2 aliphatic rings. The van der Waals surface area contributed by atoms with Gasteiger partial charge in [0.2, 0.25) is 0 Å². The van der Waals surface area contributed by atoms with Gasteiger partial charge in [-0.2, -0.15) is 10.4 Å². The second-order valence-electron chi connectivity index (χ2n) is 9.60. The van der Waals surface area contributed by atoms with Crippen LogP contribution in [0.5, 0.6) is 0 Å². The molecule has 0 saturated carbocycles. The second-order valence-corrected chi connectivity index (χ2v) is 9.60. The van der Waals surface area contributed by atoms with Crippen LogP contribution in [0.2, 0.25) is 0 Å². The minimum absolute atomic E-state index is 0.0134. The van der Waals surface area contributed by atoms with E-state index in [9.17, 15) is 14.9 Å². The molecule has 5 rings (SSSR count). The molecule has 2 aromatic heterocycles. The Labute approximate surface area is 208 Å². The zero-order valence-electron chi connectivity index (χ0n) is 20.5. The van der Waals surface area contributed by atoms with Crippen LogP contribution in [0.4, 0.5) is 11.5 Å². The molecule has 2 atom stereocenters. The van der Waals surface area contributed by atoms with Crippen molar-refractivity contribution in [3.63, 3.8) is 0 Å². The number of nitrogens with one attached hydrogen (secondary N) is 2. The minimum Gasteiger partial charge on any atom is -0.380 e.